The van der Waals surface area contributed by atoms with Crippen LogP contribution in [0.15, 0.2) is 48.9 Å². The fraction of sp³-hybridized carbons (Fsp3) is 0.286. The SMILES string of the molecule is Cc1cc(Nc2nccc(C(F)(F)F)n2)cc(-c2cncc(C(C)(O)C(C)O)c2)c1. The van der Waals surface area contributed by atoms with Crippen LogP contribution in [0.25, 0.3) is 11.1 Å². The van der Waals surface area contributed by atoms with Crippen LogP contribution in [-0.4, -0.2) is 31.3 Å². The minimum absolute atomic E-state index is 0.176. The molecule has 9 heteroatoms. The number of anilines is 2. The third-order valence-electron chi connectivity index (χ3n) is 4.75. The van der Waals surface area contributed by atoms with Gasteiger partial charge in [0.2, 0.25) is 5.95 Å². The Morgan fingerprint density at radius 3 is 2.47 bits per heavy atom. The molecule has 0 fully saturated rings. The van der Waals surface area contributed by atoms with Gasteiger partial charge >= 0.3 is 6.18 Å². The average molecular weight is 418 g/mol. The molecule has 6 nitrogen and oxygen atoms in total. The zero-order chi connectivity index (χ0) is 22.1. The fourth-order valence-electron chi connectivity index (χ4n) is 2.84. The predicted octanol–water partition coefficient (Wildman–Crippen LogP) is 4.20. The van der Waals surface area contributed by atoms with E-state index in [1.165, 1.54) is 20.0 Å². The van der Waals surface area contributed by atoms with Crippen molar-refractivity contribution in [1.82, 2.24) is 15.0 Å². The fourth-order valence-corrected chi connectivity index (χ4v) is 2.84. The number of rotatable bonds is 5. The zero-order valence-corrected chi connectivity index (χ0v) is 16.6. The summed E-state index contributed by atoms with van der Waals surface area (Å²) in [7, 11) is 0. The van der Waals surface area contributed by atoms with Crippen LogP contribution in [-0.2, 0) is 11.8 Å². The molecule has 1 aromatic carbocycles. The van der Waals surface area contributed by atoms with Gasteiger partial charge in [-0.1, -0.05) is 6.07 Å². The number of nitrogens with zero attached hydrogens (tertiary/aromatic N) is 3. The van der Waals surface area contributed by atoms with Crippen LogP contribution in [0.2, 0.25) is 0 Å². The highest BCUT2D eigenvalue weighted by Crippen LogP contribution is 2.31. The Bertz CT molecular complexity index is 1050. The van der Waals surface area contributed by atoms with Crippen LogP contribution in [0.3, 0.4) is 0 Å². The van der Waals surface area contributed by atoms with Crippen molar-refractivity contribution in [1.29, 1.82) is 0 Å². The van der Waals surface area contributed by atoms with E-state index in [9.17, 15) is 23.4 Å². The van der Waals surface area contributed by atoms with Crippen LogP contribution in [0.4, 0.5) is 24.8 Å². The maximum absolute atomic E-state index is 12.9. The molecule has 0 spiro atoms. The lowest BCUT2D eigenvalue weighted by atomic mass is 9.90. The summed E-state index contributed by atoms with van der Waals surface area (Å²) >= 11 is 0. The second-order valence-corrected chi connectivity index (χ2v) is 7.26. The number of nitrogens with one attached hydrogen (secondary N) is 1. The molecule has 2 heterocycles. The first kappa shape index (κ1) is 21.7. The summed E-state index contributed by atoms with van der Waals surface area (Å²) in [6.07, 6.45) is -1.46. The van der Waals surface area contributed by atoms with Crippen molar-refractivity contribution in [2.75, 3.05) is 5.32 Å². The summed E-state index contributed by atoms with van der Waals surface area (Å²) in [4.78, 5) is 11.5. The highest BCUT2D eigenvalue weighted by atomic mass is 19.4. The normalized spacial score (nSPS) is 14.8. The van der Waals surface area contributed by atoms with Gasteiger partial charge < -0.3 is 15.5 Å². The summed E-state index contributed by atoms with van der Waals surface area (Å²) in [5.41, 5.74) is 0.647. The number of halogens is 3. The Balaban J connectivity index is 1.96. The van der Waals surface area contributed by atoms with Gasteiger partial charge in [-0.25, -0.2) is 9.97 Å². The molecule has 0 saturated heterocycles. The van der Waals surface area contributed by atoms with Crippen LogP contribution in [0.5, 0.6) is 0 Å². The predicted molar refractivity (Wildman–Crippen MR) is 106 cm³/mol. The molecule has 158 valence electrons. The number of hydrogen-bond acceptors (Lipinski definition) is 6. The van der Waals surface area contributed by atoms with E-state index < -0.39 is 23.6 Å². The molecule has 0 aliphatic carbocycles. The molecular weight excluding hydrogens is 397 g/mol. The van der Waals surface area contributed by atoms with E-state index in [4.69, 9.17) is 0 Å². The topological polar surface area (TPSA) is 91.2 Å². The molecule has 2 unspecified atom stereocenters. The van der Waals surface area contributed by atoms with Gasteiger partial charge in [0, 0.05) is 35.4 Å². The van der Waals surface area contributed by atoms with Crippen LogP contribution >= 0.6 is 0 Å². The molecule has 2 atom stereocenters. The summed E-state index contributed by atoms with van der Waals surface area (Å²) in [5.74, 6) is -0.176. The number of benzene rings is 1. The van der Waals surface area contributed by atoms with E-state index >= 15 is 0 Å². The Hall–Kier alpha value is -3.04. The smallest absolute Gasteiger partial charge is 0.390 e. The van der Waals surface area contributed by atoms with Crippen molar-refractivity contribution in [2.24, 2.45) is 0 Å². The average Bonchev–Trinajstić information content (AvgIpc) is 2.67. The van der Waals surface area contributed by atoms with E-state index in [1.807, 2.05) is 13.0 Å². The Labute approximate surface area is 171 Å². The molecule has 3 aromatic rings. The summed E-state index contributed by atoms with van der Waals surface area (Å²) in [6.45, 7) is 4.81. The first-order chi connectivity index (χ1) is 14.0. The van der Waals surface area contributed by atoms with Crippen LogP contribution in [0, 0.1) is 6.92 Å². The van der Waals surface area contributed by atoms with E-state index in [0.29, 0.717) is 16.8 Å². The van der Waals surface area contributed by atoms with Gasteiger partial charge in [-0.15, -0.1) is 0 Å². The molecule has 3 rings (SSSR count). The lowest BCUT2D eigenvalue weighted by Crippen LogP contribution is -2.34. The number of alkyl halides is 3. The van der Waals surface area contributed by atoms with Gasteiger partial charge in [-0.05, 0) is 56.2 Å². The van der Waals surface area contributed by atoms with Crippen molar-refractivity contribution >= 4 is 11.6 Å². The lowest BCUT2D eigenvalue weighted by Gasteiger charge is -2.27. The molecule has 0 aliphatic rings. The quantitative estimate of drug-likeness (QED) is 0.575. The number of aliphatic hydroxyl groups excluding tert-OH is 1. The van der Waals surface area contributed by atoms with Crippen molar-refractivity contribution < 1.29 is 23.4 Å². The molecule has 30 heavy (non-hydrogen) atoms. The first-order valence-corrected chi connectivity index (χ1v) is 9.12. The van der Waals surface area contributed by atoms with Gasteiger partial charge in [-0.2, -0.15) is 13.2 Å². The third-order valence-corrected chi connectivity index (χ3v) is 4.75. The maximum Gasteiger partial charge on any atom is 0.433 e. The maximum atomic E-state index is 12.9. The van der Waals surface area contributed by atoms with E-state index in [2.05, 4.69) is 20.3 Å². The minimum atomic E-state index is -4.57. The van der Waals surface area contributed by atoms with Crippen molar-refractivity contribution in [3.8, 4) is 11.1 Å². The Kier molecular flexibility index (Phi) is 5.78. The minimum Gasteiger partial charge on any atom is -0.390 e. The van der Waals surface area contributed by atoms with E-state index in [-0.39, 0.29) is 5.95 Å². The first-order valence-electron chi connectivity index (χ1n) is 9.12. The molecule has 0 saturated carbocycles. The Morgan fingerprint density at radius 2 is 1.80 bits per heavy atom. The summed E-state index contributed by atoms with van der Waals surface area (Å²) < 4.78 is 38.7. The van der Waals surface area contributed by atoms with E-state index in [1.54, 1.807) is 24.4 Å². The van der Waals surface area contributed by atoms with Gasteiger partial charge in [0.05, 0.1) is 6.10 Å². The number of aryl methyl sites for hydroxylation is 1. The van der Waals surface area contributed by atoms with Gasteiger partial charge in [0.1, 0.15) is 11.3 Å². The number of hydrogen-bond donors (Lipinski definition) is 3. The summed E-state index contributed by atoms with van der Waals surface area (Å²) in [6, 6.07) is 7.85. The van der Waals surface area contributed by atoms with Crippen LogP contribution in [0.1, 0.15) is 30.7 Å². The molecule has 0 aliphatic heterocycles. The second-order valence-electron chi connectivity index (χ2n) is 7.26. The number of aromatic nitrogens is 3. The van der Waals surface area contributed by atoms with Crippen LogP contribution < -0.4 is 5.32 Å². The highest BCUT2D eigenvalue weighted by Gasteiger charge is 2.33. The molecule has 0 amide bonds. The Morgan fingerprint density at radius 1 is 1.07 bits per heavy atom. The van der Waals surface area contributed by atoms with Gasteiger partial charge in [0.15, 0.2) is 0 Å². The zero-order valence-electron chi connectivity index (χ0n) is 16.6. The van der Waals surface area contributed by atoms with Gasteiger partial charge in [0.25, 0.3) is 0 Å². The number of aliphatic hydroxyl groups is 2. The van der Waals surface area contributed by atoms with E-state index in [0.717, 1.165) is 23.4 Å². The third kappa shape index (κ3) is 4.74. The standard InChI is InChI=1S/C21H21F3N4O2/c1-12-6-14(15-8-16(11-25-10-15)20(3,30)13(2)29)9-17(7-12)27-19-26-5-4-18(28-19)21(22,23)24/h4-11,13,29-30H,1-3H3,(H,26,27,28). The molecular formula is C21H21F3N4O2. The largest absolute Gasteiger partial charge is 0.433 e. The summed E-state index contributed by atoms with van der Waals surface area (Å²) in [5, 5.41) is 23.2. The van der Waals surface area contributed by atoms with Gasteiger partial charge in [-0.3, -0.25) is 4.98 Å². The molecule has 2 aromatic heterocycles. The molecule has 0 radical (unpaired) electrons. The number of pyridine rings is 1. The second kappa shape index (κ2) is 8.00. The molecule has 3 N–H and O–H groups in total. The highest BCUT2D eigenvalue weighted by molar-refractivity contribution is 5.71. The van der Waals surface area contributed by atoms with Crippen molar-refractivity contribution in [3.05, 3.63) is 65.7 Å². The molecule has 0 bridgehead atoms. The van der Waals surface area contributed by atoms with Crippen molar-refractivity contribution in [2.45, 2.75) is 38.7 Å². The van der Waals surface area contributed by atoms with Crippen molar-refractivity contribution in [3.63, 3.8) is 0 Å². The monoisotopic (exact) mass is 418 g/mol. The lowest BCUT2D eigenvalue weighted by molar-refractivity contribution is -0.141.